The van der Waals surface area contributed by atoms with Crippen LogP contribution in [0, 0.1) is 27.7 Å². The third-order valence-corrected chi connectivity index (χ3v) is 5.54. The van der Waals surface area contributed by atoms with Crippen molar-refractivity contribution < 1.29 is 14.3 Å². The van der Waals surface area contributed by atoms with Crippen LogP contribution in [0.1, 0.15) is 32.6 Å². The monoisotopic (exact) mass is 357 g/mol. The molecule has 0 aromatic heterocycles. The Hall–Kier alpha value is -2.27. The Balaban J connectivity index is 2.01. The van der Waals surface area contributed by atoms with Crippen LogP contribution in [0.5, 0.6) is 0 Å². The summed E-state index contributed by atoms with van der Waals surface area (Å²) in [5, 5.41) is 2.85. The Morgan fingerprint density at radius 2 is 1.56 bits per heavy atom. The molecule has 0 aliphatic heterocycles. The van der Waals surface area contributed by atoms with E-state index in [0.29, 0.717) is 17.0 Å². The van der Waals surface area contributed by atoms with E-state index in [0.717, 1.165) is 0 Å². The molecule has 0 bridgehead atoms. The van der Waals surface area contributed by atoms with Crippen LogP contribution in [-0.2, 0) is 9.53 Å². The molecule has 2 aromatic carbocycles. The third kappa shape index (κ3) is 4.63. The first-order chi connectivity index (χ1) is 11.8. The van der Waals surface area contributed by atoms with Crippen molar-refractivity contribution in [3.8, 4) is 0 Å². The van der Waals surface area contributed by atoms with Crippen LogP contribution in [0.4, 0.5) is 5.69 Å². The van der Waals surface area contributed by atoms with Crippen LogP contribution in [0.2, 0.25) is 0 Å². The quantitative estimate of drug-likeness (QED) is 0.635. The van der Waals surface area contributed by atoms with Gasteiger partial charge in [-0.1, -0.05) is 6.07 Å². The van der Waals surface area contributed by atoms with Gasteiger partial charge in [-0.05, 0) is 74.2 Å². The van der Waals surface area contributed by atoms with Gasteiger partial charge in [0.05, 0.1) is 18.4 Å². The number of ether oxygens (including phenoxy) is 1. The highest BCUT2D eigenvalue weighted by Crippen LogP contribution is 2.30. The Labute approximate surface area is 153 Å². The molecule has 25 heavy (non-hydrogen) atoms. The summed E-state index contributed by atoms with van der Waals surface area (Å²) in [6, 6.07) is 8.83. The fourth-order valence-electron chi connectivity index (χ4n) is 2.54. The number of benzene rings is 2. The van der Waals surface area contributed by atoms with Gasteiger partial charge in [-0.3, -0.25) is 4.79 Å². The van der Waals surface area contributed by atoms with Gasteiger partial charge in [-0.15, -0.1) is 11.8 Å². The summed E-state index contributed by atoms with van der Waals surface area (Å²) in [4.78, 5) is 24.8. The van der Waals surface area contributed by atoms with Crippen LogP contribution >= 0.6 is 11.8 Å². The first-order valence-electron chi connectivity index (χ1n) is 8.02. The number of methoxy groups -OCH3 is 1. The lowest BCUT2D eigenvalue weighted by atomic mass is 10.0. The number of anilines is 1. The molecule has 4 nitrogen and oxygen atoms in total. The number of carbonyl (C=O) groups excluding carboxylic acids is 2. The molecule has 0 fully saturated rings. The molecule has 0 atom stereocenters. The molecule has 0 saturated carbocycles. The van der Waals surface area contributed by atoms with Crippen molar-refractivity contribution >= 4 is 29.3 Å². The number of rotatable bonds is 5. The molecular weight excluding hydrogens is 334 g/mol. The van der Waals surface area contributed by atoms with Crippen LogP contribution < -0.4 is 5.32 Å². The summed E-state index contributed by atoms with van der Waals surface area (Å²) >= 11 is 1.55. The van der Waals surface area contributed by atoms with Crippen LogP contribution in [0.3, 0.4) is 0 Å². The smallest absolute Gasteiger partial charge is 0.337 e. The predicted octanol–water partition coefficient (Wildman–Crippen LogP) is 4.44. The summed E-state index contributed by atoms with van der Waals surface area (Å²) < 4.78 is 4.66. The standard InChI is InChI=1S/C20H23NO3S/c1-12-10-13(2)15(4)19(14(12)3)25-11-18(22)21-17-8-6-16(7-9-17)20(23)24-5/h6-10H,11H2,1-5H3,(H,21,22). The van der Waals surface area contributed by atoms with Crippen molar-refractivity contribution in [2.24, 2.45) is 0 Å². The minimum absolute atomic E-state index is 0.0752. The van der Waals surface area contributed by atoms with E-state index in [2.05, 4.69) is 43.8 Å². The molecule has 1 N–H and O–H groups in total. The van der Waals surface area contributed by atoms with Gasteiger partial charge in [-0.2, -0.15) is 0 Å². The number of thioether (sulfide) groups is 1. The van der Waals surface area contributed by atoms with Crippen LogP contribution in [-0.4, -0.2) is 24.7 Å². The Morgan fingerprint density at radius 3 is 2.08 bits per heavy atom. The number of amides is 1. The molecule has 0 aliphatic carbocycles. The maximum atomic E-state index is 12.2. The van der Waals surface area contributed by atoms with E-state index in [9.17, 15) is 9.59 Å². The van der Waals surface area contributed by atoms with Gasteiger partial charge in [0.25, 0.3) is 0 Å². The van der Waals surface area contributed by atoms with Crippen LogP contribution in [0.15, 0.2) is 35.2 Å². The number of carbonyl (C=O) groups is 2. The molecular formula is C20H23NO3S. The summed E-state index contributed by atoms with van der Waals surface area (Å²) in [5.41, 5.74) is 6.05. The van der Waals surface area contributed by atoms with Crippen molar-refractivity contribution in [1.82, 2.24) is 0 Å². The normalized spacial score (nSPS) is 10.4. The lowest BCUT2D eigenvalue weighted by Gasteiger charge is -2.14. The van der Waals surface area contributed by atoms with Crippen molar-refractivity contribution in [1.29, 1.82) is 0 Å². The molecule has 132 valence electrons. The maximum absolute atomic E-state index is 12.2. The molecule has 5 heteroatoms. The molecule has 1 amide bonds. The summed E-state index contributed by atoms with van der Waals surface area (Å²) in [7, 11) is 1.34. The fraction of sp³-hybridized carbons (Fsp3) is 0.300. The lowest BCUT2D eigenvalue weighted by molar-refractivity contribution is -0.113. The van der Waals surface area contributed by atoms with Crippen molar-refractivity contribution in [3.05, 3.63) is 58.1 Å². The van der Waals surface area contributed by atoms with E-state index in [1.807, 2.05) is 0 Å². The van der Waals surface area contributed by atoms with Gasteiger partial charge in [0.15, 0.2) is 0 Å². The number of nitrogens with one attached hydrogen (secondary N) is 1. The third-order valence-electron chi connectivity index (χ3n) is 4.23. The minimum Gasteiger partial charge on any atom is -0.465 e. The number of hydrogen-bond donors (Lipinski definition) is 1. The molecule has 0 saturated heterocycles. The van der Waals surface area contributed by atoms with E-state index in [1.165, 1.54) is 34.3 Å². The lowest BCUT2D eigenvalue weighted by Crippen LogP contribution is -2.14. The molecule has 0 aliphatic rings. The van der Waals surface area contributed by atoms with E-state index in [-0.39, 0.29) is 5.91 Å². The van der Waals surface area contributed by atoms with Crippen molar-refractivity contribution in [3.63, 3.8) is 0 Å². The van der Waals surface area contributed by atoms with Gasteiger partial charge < -0.3 is 10.1 Å². The SMILES string of the molecule is COC(=O)c1ccc(NC(=O)CSc2c(C)c(C)cc(C)c2C)cc1. The van der Waals surface area contributed by atoms with Crippen molar-refractivity contribution in [2.45, 2.75) is 32.6 Å². The zero-order valence-corrected chi connectivity index (χ0v) is 16.0. The molecule has 0 spiro atoms. The molecule has 0 heterocycles. The zero-order chi connectivity index (χ0) is 18.6. The van der Waals surface area contributed by atoms with E-state index in [4.69, 9.17) is 0 Å². The summed E-state index contributed by atoms with van der Waals surface area (Å²) in [5.74, 6) is -0.133. The highest BCUT2D eigenvalue weighted by Gasteiger charge is 2.12. The van der Waals surface area contributed by atoms with Gasteiger partial charge >= 0.3 is 5.97 Å². The first-order valence-corrected chi connectivity index (χ1v) is 9.00. The average molecular weight is 357 g/mol. The Bertz CT molecular complexity index is 771. The molecule has 0 radical (unpaired) electrons. The van der Waals surface area contributed by atoms with E-state index >= 15 is 0 Å². The summed E-state index contributed by atoms with van der Waals surface area (Å²) in [6.07, 6.45) is 0. The number of hydrogen-bond acceptors (Lipinski definition) is 4. The average Bonchev–Trinajstić information content (AvgIpc) is 2.60. The number of aryl methyl sites for hydroxylation is 2. The van der Waals surface area contributed by atoms with Gasteiger partial charge in [0.1, 0.15) is 0 Å². The Kier molecular flexibility index (Phi) is 6.26. The maximum Gasteiger partial charge on any atom is 0.337 e. The molecule has 2 rings (SSSR count). The van der Waals surface area contributed by atoms with E-state index in [1.54, 1.807) is 36.0 Å². The van der Waals surface area contributed by atoms with Gasteiger partial charge in [0.2, 0.25) is 5.91 Å². The second kappa shape index (κ2) is 8.21. The van der Waals surface area contributed by atoms with Crippen molar-refractivity contribution in [2.75, 3.05) is 18.2 Å². The van der Waals surface area contributed by atoms with Gasteiger partial charge in [0, 0.05) is 10.6 Å². The largest absolute Gasteiger partial charge is 0.465 e. The van der Waals surface area contributed by atoms with E-state index < -0.39 is 5.97 Å². The number of esters is 1. The highest BCUT2D eigenvalue weighted by atomic mass is 32.2. The second-order valence-electron chi connectivity index (χ2n) is 6.00. The highest BCUT2D eigenvalue weighted by molar-refractivity contribution is 8.00. The fourth-order valence-corrected chi connectivity index (χ4v) is 3.64. The topological polar surface area (TPSA) is 55.4 Å². The first kappa shape index (κ1) is 19.1. The Morgan fingerprint density at radius 1 is 1.00 bits per heavy atom. The second-order valence-corrected chi connectivity index (χ2v) is 6.98. The minimum atomic E-state index is -0.394. The molecule has 2 aromatic rings. The summed E-state index contributed by atoms with van der Waals surface area (Å²) in [6.45, 7) is 8.37. The predicted molar refractivity (Wildman–Crippen MR) is 103 cm³/mol. The zero-order valence-electron chi connectivity index (χ0n) is 15.2. The van der Waals surface area contributed by atoms with Crippen LogP contribution in [0.25, 0.3) is 0 Å². The van der Waals surface area contributed by atoms with Gasteiger partial charge in [-0.25, -0.2) is 4.79 Å². The molecule has 0 unspecified atom stereocenters.